The van der Waals surface area contributed by atoms with Gasteiger partial charge in [0.05, 0.1) is 40.6 Å². The first-order chi connectivity index (χ1) is 10.6. The van der Waals surface area contributed by atoms with E-state index in [1.807, 2.05) is 23.1 Å². The maximum atomic E-state index is 12.2. The fourth-order valence-electron chi connectivity index (χ4n) is 2.58. The Morgan fingerprint density at radius 3 is 2.73 bits per heavy atom. The normalized spacial score (nSPS) is 18.1. The minimum Gasteiger partial charge on any atom is -0.497 e. The third kappa shape index (κ3) is 3.87. The molecule has 6 heteroatoms. The van der Waals surface area contributed by atoms with Crippen molar-refractivity contribution in [3.63, 3.8) is 0 Å². The lowest BCUT2D eigenvalue weighted by molar-refractivity contribution is -0.858. The number of carbonyl (C=O) groups excluding carboxylic acids is 1. The van der Waals surface area contributed by atoms with Crippen LogP contribution >= 0.6 is 11.8 Å². The molecule has 5 nitrogen and oxygen atoms in total. The Morgan fingerprint density at radius 2 is 2.09 bits per heavy atom. The van der Waals surface area contributed by atoms with Crippen LogP contribution < -0.4 is 14.4 Å². The molecule has 0 aliphatic carbocycles. The molecule has 0 radical (unpaired) electrons. The van der Waals surface area contributed by atoms with Crippen LogP contribution in [0, 0.1) is 0 Å². The second kappa shape index (κ2) is 7.74. The highest BCUT2D eigenvalue weighted by molar-refractivity contribution is 8.00. The predicted molar refractivity (Wildman–Crippen MR) is 88.8 cm³/mol. The van der Waals surface area contributed by atoms with Crippen LogP contribution in [0.1, 0.15) is 17.4 Å². The van der Waals surface area contributed by atoms with Gasteiger partial charge in [-0.1, -0.05) is 0 Å². The summed E-state index contributed by atoms with van der Waals surface area (Å²) in [7, 11) is 7.55. The zero-order chi connectivity index (χ0) is 16.1. The van der Waals surface area contributed by atoms with Gasteiger partial charge in [0.1, 0.15) is 16.9 Å². The van der Waals surface area contributed by atoms with Gasteiger partial charge in [-0.25, -0.2) is 0 Å². The van der Waals surface area contributed by atoms with Crippen molar-refractivity contribution in [2.45, 2.75) is 11.8 Å². The van der Waals surface area contributed by atoms with E-state index in [2.05, 4.69) is 14.1 Å². The van der Waals surface area contributed by atoms with Gasteiger partial charge in [0, 0.05) is 24.6 Å². The number of hydrogen-bond donors (Lipinski definition) is 1. The molecule has 0 spiro atoms. The van der Waals surface area contributed by atoms with Gasteiger partial charge < -0.3 is 19.3 Å². The lowest BCUT2D eigenvalue weighted by atomic mass is 10.1. The van der Waals surface area contributed by atoms with Crippen LogP contribution in [0.25, 0.3) is 0 Å². The molecule has 1 saturated heterocycles. The van der Waals surface area contributed by atoms with Gasteiger partial charge in [-0.3, -0.25) is 4.79 Å². The third-order valence-corrected chi connectivity index (χ3v) is 4.99. The van der Waals surface area contributed by atoms with E-state index in [-0.39, 0.29) is 11.3 Å². The first-order valence-corrected chi connectivity index (χ1v) is 8.53. The van der Waals surface area contributed by atoms with Gasteiger partial charge in [0.25, 0.3) is 0 Å². The fraction of sp³-hybridized carbons (Fsp3) is 0.562. The second-order valence-electron chi connectivity index (χ2n) is 5.67. The number of ether oxygens (including phenoxy) is 2. The Morgan fingerprint density at radius 1 is 1.32 bits per heavy atom. The summed E-state index contributed by atoms with van der Waals surface area (Å²) in [6, 6.07) is 5.79. The summed E-state index contributed by atoms with van der Waals surface area (Å²) in [6.07, 6.45) is 1.00. The molecule has 1 aliphatic rings. The van der Waals surface area contributed by atoms with Crippen molar-refractivity contribution in [1.82, 2.24) is 4.90 Å². The highest BCUT2D eigenvalue weighted by atomic mass is 32.2. The number of nitrogens with one attached hydrogen (secondary N) is 1. The molecule has 1 atom stereocenters. The summed E-state index contributed by atoms with van der Waals surface area (Å²) in [6.45, 7) is 1.85. The monoisotopic (exact) mass is 325 g/mol. The van der Waals surface area contributed by atoms with Gasteiger partial charge in [-0.2, -0.15) is 0 Å². The molecule has 1 aromatic rings. The molecular weight excluding hydrogens is 300 g/mol. The van der Waals surface area contributed by atoms with Crippen molar-refractivity contribution in [3.05, 3.63) is 23.8 Å². The largest absolute Gasteiger partial charge is 0.497 e. The molecule has 1 aliphatic heterocycles. The Bertz CT molecular complexity index is 522. The highest BCUT2D eigenvalue weighted by Crippen LogP contribution is 2.43. The average molecular weight is 325 g/mol. The average Bonchev–Trinajstić information content (AvgIpc) is 2.87. The lowest BCUT2D eigenvalue weighted by Crippen LogP contribution is -3.05. The predicted octanol–water partition coefficient (Wildman–Crippen LogP) is 0.812. The number of thioether (sulfide) groups is 1. The first kappa shape index (κ1) is 17.0. The molecule has 1 amide bonds. The van der Waals surface area contributed by atoms with Gasteiger partial charge in [0.2, 0.25) is 5.91 Å². The maximum Gasteiger partial charge on any atom is 0.233 e. The van der Waals surface area contributed by atoms with Gasteiger partial charge >= 0.3 is 0 Å². The number of amides is 1. The smallest absolute Gasteiger partial charge is 0.233 e. The van der Waals surface area contributed by atoms with Crippen molar-refractivity contribution in [3.8, 4) is 11.5 Å². The van der Waals surface area contributed by atoms with E-state index in [4.69, 9.17) is 9.47 Å². The summed E-state index contributed by atoms with van der Waals surface area (Å²) >= 11 is 1.66. The number of methoxy groups -OCH3 is 2. The minimum atomic E-state index is 0.0329. The van der Waals surface area contributed by atoms with Crippen LogP contribution in [0.15, 0.2) is 18.2 Å². The first-order valence-electron chi connectivity index (χ1n) is 7.49. The van der Waals surface area contributed by atoms with E-state index in [0.29, 0.717) is 5.75 Å². The van der Waals surface area contributed by atoms with Crippen LogP contribution in [0.5, 0.6) is 11.5 Å². The van der Waals surface area contributed by atoms with Crippen LogP contribution in [0.3, 0.4) is 0 Å². The summed E-state index contributed by atoms with van der Waals surface area (Å²) in [4.78, 5) is 15.6. The Hall–Kier alpha value is -1.40. The fourth-order valence-corrected chi connectivity index (χ4v) is 3.82. The number of benzene rings is 1. The third-order valence-electron chi connectivity index (χ3n) is 3.75. The molecule has 22 heavy (non-hydrogen) atoms. The SMILES string of the molecule is COc1ccc([C@@H]2SCC(=O)N2CCC[NH+](C)C)c(OC)c1. The van der Waals surface area contributed by atoms with Crippen molar-refractivity contribution >= 4 is 17.7 Å². The van der Waals surface area contributed by atoms with E-state index >= 15 is 0 Å². The van der Waals surface area contributed by atoms with Gasteiger partial charge in [-0.15, -0.1) is 11.8 Å². The number of carbonyl (C=O) groups is 1. The number of nitrogens with zero attached hydrogens (tertiary/aromatic N) is 1. The Labute approximate surface area is 136 Å². The van der Waals surface area contributed by atoms with Gasteiger partial charge in [0.15, 0.2) is 0 Å². The highest BCUT2D eigenvalue weighted by Gasteiger charge is 2.34. The maximum absolute atomic E-state index is 12.2. The van der Waals surface area contributed by atoms with Crippen molar-refractivity contribution < 1.29 is 19.2 Å². The molecule has 1 N–H and O–H groups in total. The van der Waals surface area contributed by atoms with E-state index in [1.54, 1.807) is 26.0 Å². The topological polar surface area (TPSA) is 43.2 Å². The number of quaternary nitrogens is 1. The van der Waals surface area contributed by atoms with Crippen LogP contribution in [0.4, 0.5) is 0 Å². The van der Waals surface area contributed by atoms with Gasteiger partial charge in [-0.05, 0) is 12.1 Å². The van der Waals surface area contributed by atoms with Crippen molar-refractivity contribution in [1.29, 1.82) is 0 Å². The molecule has 0 bridgehead atoms. The number of hydrogen-bond acceptors (Lipinski definition) is 4. The van der Waals surface area contributed by atoms with E-state index in [9.17, 15) is 4.79 Å². The summed E-state index contributed by atoms with van der Waals surface area (Å²) < 4.78 is 10.7. The summed E-state index contributed by atoms with van der Waals surface area (Å²) in [5.41, 5.74) is 1.04. The molecule has 0 aromatic heterocycles. The molecule has 1 fully saturated rings. The molecule has 1 heterocycles. The van der Waals surface area contributed by atoms with E-state index in [0.717, 1.165) is 36.6 Å². The number of rotatable bonds is 7. The van der Waals surface area contributed by atoms with E-state index in [1.165, 1.54) is 4.90 Å². The molecule has 0 unspecified atom stereocenters. The Balaban J connectivity index is 2.17. The molecule has 2 rings (SSSR count). The van der Waals surface area contributed by atoms with Crippen LogP contribution in [-0.2, 0) is 4.79 Å². The van der Waals surface area contributed by atoms with Crippen LogP contribution in [0.2, 0.25) is 0 Å². The lowest BCUT2D eigenvalue weighted by Gasteiger charge is -2.25. The quantitative estimate of drug-likeness (QED) is 0.806. The van der Waals surface area contributed by atoms with Crippen LogP contribution in [-0.4, -0.2) is 58.0 Å². The molecule has 1 aromatic carbocycles. The van der Waals surface area contributed by atoms with Crippen molar-refractivity contribution in [2.75, 3.05) is 47.2 Å². The Kier molecular flexibility index (Phi) is 5.97. The van der Waals surface area contributed by atoms with E-state index < -0.39 is 0 Å². The molecule has 0 saturated carbocycles. The summed E-state index contributed by atoms with van der Waals surface area (Å²) in [5.74, 6) is 2.28. The molecular formula is C16H25N2O3S+. The molecule has 122 valence electrons. The zero-order valence-electron chi connectivity index (χ0n) is 13.7. The second-order valence-corrected chi connectivity index (χ2v) is 6.74. The zero-order valence-corrected chi connectivity index (χ0v) is 14.5. The van der Waals surface area contributed by atoms with Crippen molar-refractivity contribution in [2.24, 2.45) is 0 Å². The minimum absolute atomic E-state index is 0.0329. The standard InChI is InChI=1S/C16H24N2O3S/c1-17(2)8-5-9-18-15(19)11-22-16(18)13-7-6-12(20-3)10-14(13)21-4/h6-7,10,16H,5,8-9,11H2,1-4H3/p+1/t16-/m0/s1. The summed E-state index contributed by atoms with van der Waals surface area (Å²) in [5, 5.41) is 0.0329.